The lowest BCUT2D eigenvalue weighted by molar-refractivity contribution is 0.0842. The number of aromatic nitrogens is 2. The van der Waals surface area contributed by atoms with Crippen molar-refractivity contribution in [2.24, 2.45) is 0 Å². The first-order chi connectivity index (χ1) is 7.84. The molecule has 0 radical (unpaired) electrons. The van der Waals surface area contributed by atoms with E-state index in [1.54, 1.807) is 0 Å². The fourth-order valence-corrected chi connectivity index (χ4v) is 2.53. The van der Waals surface area contributed by atoms with E-state index < -0.39 is 0 Å². The van der Waals surface area contributed by atoms with Crippen LogP contribution in [0.25, 0.3) is 0 Å². The van der Waals surface area contributed by atoms with Crippen LogP contribution in [0.4, 0.5) is 0 Å². The summed E-state index contributed by atoms with van der Waals surface area (Å²) < 4.78 is 5.34. The van der Waals surface area contributed by atoms with Gasteiger partial charge in [0.1, 0.15) is 0 Å². The maximum Gasteiger partial charge on any atom is 0.345 e. The first kappa shape index (κ1) is 9.99. The molecule has 2 N–H and O–H groups in total. The first-order valence-electron chi connectivity index (χ1n) is 5.75. The van der Waals surface area contributed by atoms with Gasteiger partial charge in [-0.15, -0.1) is 0 Å². The summed E-state index contributed by atoms with van der Waals surface area (Å²) in [4.78, 5) is 18.4. The molecule has 0 atom stereocenters. The van der Waals surface area contributed by atoms with Gasteiger partial charge in [0.15, 0.2) is 0 Å². The summed E-state index contributed by atoms with van der Waals surface area (Å²) in [6.07, 6.45) is 1.95. The molecule has 0 bridgehead atoms. The molecule has 5 nitrogen and oxygen atoms in total. The maximum atomic E-state index is 11.5. The van der Waals surface area contributed by atoms with E-state index in [4.69, 9.17) is 4.74 Å². The molecule has 0 amide bonds. The molecular formula is C11H15N3O2. The van der Waals surface area contributed by atoms with Gasteiger partial charge < -0.3 is 15.0 Å². The van der Waals surface area contributed by atoms with E-state index in [2.05, 4.69) is 15.3 Å². The Morgan fingerprint density at radius 1 is 1.25 bits per heavy atom. The third kappa shape index (κ3) is 1.66. The lowest BCUT2D eigenvalue weighted by atomic mass is 9.93. The molecule has 1 fully saturated rings. The van der Waals surface area contributed by atoms with Crippen molar-refractivity contribution in [2.75, 3.05) is 13.2 Å². The summed E-state index contributed by atoms with van der Waals surface area (Å²) in [7, 11) is 0. The fourth-order valence-electron chi connectivity index (χ4n) is 2.53. The minimum atomic E-state index is -0.219. The fraction of sp³-hybridized carbons (Fsp3) is 0.636. The Morgan fingerprint density at radius 2 is 2.06 bits per heavy atom. The van der Waals surface area contributed by atoms with Crippen LogP contribution in [-0.2, 0) is 17.8 Å². The van der Waals surface area contributed by atoms with Crippen molar-refractivity contribution in [2.45, 2.75) is 31.8 Å². The zero-order valence-electron chi connectivity index (χ0n) is 9.08. The van der Waals surface area contributed by atoms with E-state index in [0.29, 0.717) is 5.92 Å². The maximum absolute atomic E-state index is 11.5. The van der Waals surface area contributed by atoms with Gasteiger partial charge in [0, 0.05) is 43.5 Å². The van der Waals surface area contributed by atoms with Gasteiger partial charge in [0.25, 0.3) is 0 Å². The van der Waals surface area contributed by atoms with E-state index in [1.165, 1.54) is 5.56 Å². The van der Waals surface area contributed by atoms with Gasteiger partial charge in [-0.25, -0.2) is 4.79 Å². The molecule has 0 unspecified atom stereocenters. The quantitative estimate of drug-likeness (QED) is 0.714. The lowest BCUT2D eigenvalue weighted by Gasteiger charge is -2.22. The highest BCUT2D eigenvalue weighted by atomic mass is 16.5. The second-order valence-electron chi connectivity index (χ2n) is 4.37. The molecule has 16 heavy (non-hydrogen) atoms. The van der Waals surface area contributed by atoms with Crippen LogP contribution in [0, 0.1) is 0 Å². The molecule has 0 spiro atoms. The molecular weight excluding hydrogens is 206 g/mol. The highest BCUT2D eigenvalue weighted by Gasteiger charge is 2.24. The lowest BCUT2D eigenvalue weighted by Crippen LogP contribution is -2.22. The average Bonchev–Trinajstić information content (AvgIpc) is 2.77. The molecule has 2 aliphatic rings. The van der Waals surface area contributed by atoms with Crippen LogP contribution in [0.2, 0.25) is 0 Å². The van der Waals surface area contributed by atoms with E-state index in [0.717, 1.165) is 50.5 Å². The molecule has 1 aromatic rings. The number of H-pyrrole nitrogens is 1. The number of fused-ring (bicyclic) bond motifs is 1. The van der Waals surface area contributed by atoms with E-state index in [9.17, 15) is 4.79 Å². The number of rotatable bonds is 1. The third-order valence-electron chi connectivity index (χ3n) is 3.36. The normalized spacial score (nSPS) is 21.0. The van der Waals surface area contributed by atoms with Gasteiger partial charge in [0.05, 0.1) is 5.69 Å². The summed E-state index contributed by atoms with van der Waals surface area (Å²) in [5, 5.41) is 3.25. The number of nitrogens with one attached hydrogen (secondary N) is 2. The van der Waals surface area contributed by atoms with Crippen molar-refractivity contribution >= 4 is 0 Å². The molecule has 5 heteroatoms. The first-order valence-corrected chi connectivity index (χ1v) is 5.75. The van der Waals surface area contributed by atoms with Crippen LogP contribution < -0.4 is 11.0 Å². The predicted octanol–water partition coefficient (Wildman–Crippen LogP) is 0.267. The predicted molar refractivity (Wildman–Crippen MR) is 58.2 cm³/mol. The monoisotopic (exact) mass is 221 g/mol. The molecule has 3 rings (SSSR count). The second-order valence-corrected chi connectivity index (χ2v) is 4.37. The number of nitrogens with zero attached hydrogens (tertiary/aromatic N) is 1. The van der Waals surface area contributed by atoms with E-state index in [-0.39, 0.29) is 5.69 Å². The van der Waals surface area contributed by atoms with Crippen molar-refractivity contribution in [1.82, 2.24) is 15.3 Å². The van der Waals surface area contributed by atoms with Crippen molar-refractivity contribution in [3.8, 4) is 0 Å². The van der Waals surface area contributed by atoms with Gasteiger partial charge in [-0.1, -0.05) is 0 Å². The minimum absolute atomic E-state index is 0.219. The number of ether oxygens (including phenoxy) is 1. The molecule has 2 aliphatic heterocycles. The standard InChI is InChI=1S/C11H15N3O2/c15-11-13-9-6-12-5-8(9)10(14-11)7-1-3-16-4-2-7/h7,12H,1-6H2,(H,13,14,15). The van der Waals surface area contributed by atoms with E-state index in [1.807, 2.05) is 0 Å². The van der Waals surface area contributed by atoms with Crippen LogP contribution >= 0.6 is 0 Å². The summed E-state index contributed by atoms with van der Waals surface area (Å²) in [6, 6.07) is 0. The largest absolute Gasteiger partial charge is 0.381 e. The van der Waals surface area contributed by atoms with Crippen molar-refractivity contribution in [1.29, 1.82) is 0 Å². The smallest absolute Gasteiger partial charge is 0.345 e. The second kappa shape index (κ2) is 3.99. The van der Waals surface area contributed by atoms with Crippen molar-refractivity contribution in [3.63, 3.8) is 0 Å². The Morgan fingerprint density at radius 3 is 2.88 bits per heavy atom. The Hall–Kier alpha value is -1.20. The Labute approximate surface area is 93.2 Å². The van der Waals surface area contributed by atoms with Gasteiger partial charge in [-0.05, 0) is 12.8 Å². The molecule has 1 saturated heterocycles. The zero-order chi connectivity index (χ0) is 11.0. The van der Waals surface area contributed by atoms with Gasteiger partial charge in [-0.2, -0.15) is 4.98 Å². The highest BCUT2D eigenvalue weighted by molar-refractivity contribution is 5.30. The molecule has 86 valence electrons. The third-order valence-corrected chi connectivity index (χ3v) is 3.36. The van der Waals surface area contributed by atoms with E-state index >= 15 is 0 Å². The Kier molecular flexibility index (Phi) is 2.49. The zero-order valence-corrected chi connectivity index (χ0v) is 9.08. The van der Waals surface area contributed by atoms with Gasteiger partial charge >= 0.3 is 5.69 Å². The summed E-state index contributed by atoms with van der Waals surface area (Å²) in [6.45, 7) is 3.14. The summed E-state index contributed by atoms with van der Waals surface area (Å²) in [5.74, 6) is 0.393. The molecule has 0 saturated carbocycles. The number of hydrogen-bond donors (Lipinski definition) is 2. The van der Waals surface area contributed by atoms with Crippen LogP contribution in [0.1, 0.15) is 35.7 Å². The van der Waals surface area contributed by atoms with Crippen LogP contribution in [-0.4, -0.2) is 23.2 Å². The molecule has 3 heterocycles. The average molecular weight is 221 g/mol. The van der Waals surface area contributed by atoms with Crippen LogP contribution in [0.5, 0.6) is 0 Å². The molecule has 0 aliphatic carbocycles. The van der Waals surface area contributed by atoms with Gasteiger partial charge in [-0.3, -0.25) is 0 Å². The highest BCUT2D eigenvalue weighted by Crippen LogP contribution is 2.29. The van der Waals surface area contributed by atoms with Crippen molar-refractivity contribution in [3.05, 3.63) is 27.4 Å². The summed E-state index contributed by atoms with van der Waals surface area (Å²) in [5.41, 5.74) is 2.99. The number of aromatic amines is 1. The van der Waals surface area contributed by atoms with Crippen LogP contribution in [0.15, 0.2) is 4.79 Å². The summed E-state index contributed by atoms with van der Waals surface area (Å²) >= 11 is 0. The SMILES string of the molecule is O=c1nc(C2CCOCC2)c2c([nH]1)CNC2. The topological polar surface area (TPSA) is 67.0 Å². The van der Waals surface area contributed by atoms with Crippen LogP contribution in [0.3, 0.4) is 0 Å². The molecule has 1 aromatic heterocycles. The minimum Gasteiger partial charge on any atom is -0.381 e. The van der Waals surface area contributed by atoms with Gasteiger partial charge in [0.2, 0.25) is 0 Å². The Balaban J connectivity index is 2.02. The van der Waals surface area contributed by atoms with Crippen molar-refractivity contribution < 1.29 is 4.74 Å². The molecule has 0 aromatic carbocycles. The number of hydrogen-bond acceptors (Lipinski definition) is 4. The Bertz CT molecular complexity index is 449.